The Bertz CT molecular complexity index is 482. The van der Waals surface area contributed by atoms with Crippen LogP contribution in [0.25, 0.3) is 0 Å². The second-order valence-corrected chi connectivity index (χ2v) is 5.49. The molecular formula is C11H9INO4-. The van der Waals surface area contributed by atoms with Gasteiger partial charge in [-0.25, -0.2) is 0 Å². The minimum absolute atomic E-state index is 0.0929. The maximum atomic E-state index is 12.1. The van der Waals surface area contributed by atoms with E-state index in [1.54, 1.807) is 34.7 Å². The normalized spacial score (nSPS) is 29.4. The molecule has 2 rings (SSSR count). The number of nitrogens with zero attached hydrogens (tertiary/aromatic N) is 1. The molecule has 1 aliphatic rings. The highest BCUT2D eigenvalue weighted by molar-refractivity contribution is 14.1. The van der Waals surface area contributed by atoms with Crippen molar-refractivity contribution < 1.29 is 19.5 Å². The highest BCUT2D eigenvalue weighted by Gasteiger charge is 2.49. The molecule has 2 unspecified atom stereocenters. The molecule has 0 saturated heterocycles. The molecule has 0 radical (unpaired) electrons. The molecule has 0 bridgehead atoms. The lowest BCUT2D eigenvalue weighted by atomic mass is 9.79. The molecule has 1 aromatic heterocycles. The van der Waals surface area contributed by atoms with Gasteiger partial charge in [-0.05, 0) is 12.1 Å². The number of carbonyl (C=O) groups excluding carboxylic acids is 3. The molecule has 1 aliphatic carbocycles. The largest absolute Gasteiger partial charge is 0.547 e. The fourth-order valence-electron chi connectivity index (χ4n) is 2.08. The van der Waals surface area contributed by atoms with Crippen LogP contribution in [-0.2, 0) is 19.9 Å². The number of halogens is 1. The molecule has 1 fully saturated rings. The summed E-state index contributed by atoms with van der Waals surface area (Å²) in [5.74, 6) is -2.23. The van der Waals surface area contributed by atoms with Crippen molar-refractivity contribution in [2.45, 2.75) is 22.3 Å². The van der Waals surface area contributed by atoms with E-state index in [4.69, 9.17) is 0 Å². The lowest BCUT2D eigenvalue weighted by Crippen LogP contribution is -2.60. The second kappa shape index (κ2) is 4.25. The van der Waals surface area contributed by atoms with E-state index in [9.17, 15) is 19.5 Å². The molecule has 0 spiro atoms. The Labute approximate surface area is 111 Å². The molecule has 0 N–H and O–H groups in total. The second-order valence-electron chi connectivity index (χ2n) is 3.99. The number of Topliss-reactive ketones (excluding diaryl/α,β-unsaturated/α-hetero) is 2. The number of alkyl halides is 1. The Kier molecular flexibility index (Phi) is 3.07. The van der Waals surface area contributed by atoms with Crippen molar-refractivity contribution in [1.29, 1.82) is 0 Å². The third-order valence-electron chi connectivity index (χ3n) is 2.93. The van der Waals surface area contributed by atoms with Crippen LogP contribution in [0, 0.1) is 0 Å². The minimum Gasteiger partial charge on any atom is -0.547 e. The average molecular weight is 346 g/mol. The smallest absolute Gasteiger partial charge is 0.178 e. The highest BCUT2D eigenvalue weighted by atomic mass is 127. The first-order chi connectivity index (χ1) is 7.98. The van der Waals surface area contributed by atoms with Crippen LogP contribution < -0.4 is 5.11 Å². The van der Waals surface area contributed by atoms with Crippen LogP contribution >= 0.6 is 22.6 Å². The fraction of sp³-hybridized carbons (Fsp3) is 0.364. The van der Waals surface area contributed by atoms with Crippen molar-refractivity contribution in [1.82, 2.24) is 4.57 Å². The first-order valence-corrected chi connectivity index (χ1v) is 6.28. The summed E-state index contributed by atoms with van der Waals surface area (Å²) in [7, 11) is 0. The molecule has 1 aromatic rings. The van der Waals surface area contributed by atoms with Gasteiger partial charge in [0.15, 0.2) is 5.78 Å². The monoisotopic (exact) mass is 346 g/mol. The van der Waals surface area contributed by atoms with E-state index in [2.05, 4.69) is 0 Å². The number of aliphatic carboxylic acids is 1. The quantitative estimate of drug-likeness (QED) is 0.417. The molecule has 1 saturated carbocycles. The summed E-state index contributed by atoms with van der Waals surface area (Å²) in [6, 6.07) is 3.22. The predicted octanol–water partition coefficient (Wildman–Crippen LogP) is -0.331. The number of rotatable bonds is 2. The van der Waals surface area contributed by atoms with Gasteiger partial charge in [-0.3, -0.25) is 9.59 Å². The molecule has 2 atom stereocenters. The van der Waals surface area contributed by atoms with Crippen LogP contribution in [0.3, 0.4) is 0 Å². The number of carboxylic acids is 1. The number of aromatic nitrogens is 1. The van der Waals surface area contributed by atoms with Crippen molar-refractivity contribution in [3.63, 3.8) is 0 Å². The van der Waals surface area contributed by atoms with Crippen LogP contribution in [0.15, 0.2) is 24.5 Å². The summed E-state index contributed by atoms with van der Waals surface area (Å²) in [5.41, 5.74) is -1.87. The van der Waals surface area contributed by atoms with Crippen LogP contribution in [0.2, 0.25) is 0 Å². The minimum atomic E-state index is -1.87. The van der Waals surface area contributed by atoms with E-state index in [-0.39, 0.29) is 18.6 Å². The summed E-state index contributed by atoms with van der Waals surface area (Å²) in [5, 5.41) is 11.4. The molecule has 0 aliphatic heterocycles. The fourth-order valence-corrected chi connectivity index (χ4v) is 3.09. The Morgan fingerprint density at radius 1 is 1.41 bits per heavy atom. The van der Waals surface area contributed by atoms with Gasteiger partial charge < -0.3 is 14.5 Å². The third-order valence-corrected chi connectivity index (χ3v) is 3.94. The Balaban J connectivity index is 2.57. The Hall–Kier alpha value is -1.18. The topological polar surface area (TPSA) is 79.2 Å². The van der Waals surface area contributed by atoms with E-state index < -0.39 is 21.2 Å². The number of carbonyl (C=O) groups is 3. The van der Waals surface area contributed by atoms with Crippen molar-refractivity contribution in [3.05, 3.63) is 24.5 Å². The van der Waals surface area contributed by atoms with Crippen molar-refractivity contribution >= 4 is 40.1 Å². The van der Waals surface area contributed by atoms with Gasteiger partial charge in [0, 0.05) is 25.2 Å². The van der Waals surface area contributed by atoms with Gasteiger partial charge in [-0.15, -0.1) is 0 Å². The zero-order valence-electron chi connectivity index (χ0n) is 8.76. The van der Waals surface area contributed by atoms with E-state index in [0.29, 0.717) is 0 Å². The van der Waals surface area contributed by atoms with Gasteiger partial charge in [0.05, 0.1) is 9.89 Å². The van der Waals surface area contributed by atoms with E-state index in [0.717, 1.165) is 0 Å². The van der Waals surface area contributed by atoms with Gasteiger partial charge in [0.2, 0.25) is 0 Å². The Morgan fingerprint density at radius 3 is 2.53 bits per heavy atom. The first-order valence-electron chi connectivity index (χ1n) is 5.03. The van der Waals surface area contributed by atoms with Gasteiger partial charge in [0.1, 0.15) is 11.3 Å². The van der Waals surface area contributed by atoms with E-state index in [1.807, 2.05) is 0 Å². The molecule has 0 amide bonds. The maximum Gasteiger partial charge on any atom is 0.178 e. The summed E-state index contributed by atoms with van der Waals surface area (Å²) in [4.78, 5) is 35.1. The van der Waals surface area contributed by atoms with E-state index in [1.165, 1.54) is 17.0 Å². The van der Waals surface area contributed by atoms with Crippen LogP contribution in [0.4, 0.5) is 0 Å². The number of ketones is 2. The summed E-state index contributed by atoms with van der Waals surface area (Å²) < 4.78 is 0.641. The third kappa shape index (κ3) is 1.80. The molecule has 90 valence electrons. The molecule has 6 heteroatoms. The van der Waals surface area contributed by atoms with Gasteiger partial charge >= 0.3 is 0 Å². The van der Waals surface area contributed by atoms with Crippen molar-refractivity contribution in [2.75, 3.05) is 0 Å². The van der Waals surface area contributed by atoms with Gasteiger partial charge in [0.25, 0.3) is 0 Å². The van der Waals surface area contributed by atoms with Crippen LogP contribution in [-0.4, -0.2) is 26.0 Å². The average Bonchev–Trinajstić information content (AvgIpc) is 2.76. The SMILES string of the molecule is O=C1CC(I)C(=O)C(C(=O)[O-])(n2cccc2)C1. The molecule has 0 aromatic carbocycles. The number of hydrogen-bond donors (Lipinski definition) is 0. The molecule has 1 heterocycles. The maximum absolute atomic E-state index is 12.1. The summed E-state index contributed by atoms with van der Waals surface area (Å²) >= 11 is 1.81. The Morgan fingerprint density at radius 2 is 2.00 bits per heavy atom. The first kappa shape index (κ1) is 12.3. The summed E-state index contributed by atoms with van der Waals surface area (Å²) in [6.45, 7) is 0. The number of hydrogen-bond acceptors (Lipinski definition) is 4. The molecule has 17 heavy (non-hydrogen) atoms. The number of carboxylic acid groups (broad SMARTS) is 1. The lowest BCUT2D eigenvalue weighted by molar-refractivity contribution is -0.315. The standard InChI is InChI=1S/C11H10INO4/c12-8-5-7(14)6-11(9(8)15,10(16)17)13-3-1-2-4-13/h1-4,8H,5-6H2,(H,16,17)/p-1. The predicted molar refractivity (Wildman–Crippen MR) is 64.5 cm³/mol. The van der Waals surface area contributed by atoms with Crippen molar-refractivity contribution in [2.24, 2.45) is 0 Å². The molecular weight excluding hydrogens is 337 g/mol. The lowest BCUT2D eigenvalue weighted by Gasteiger charge is -2.39. The zero-order chi connectivity index (χ0) is 12.6. The van der Waals surface area contributed by atoms with Gasteiger partial charge in [-0.2, -0.15) is 0 Å². The molecule has 5 nitrogen and oxygen atoms in total. The van der Waals surface area contributed by atoms with Crippen molar-refractivity contribution in [3.8, 4) is 0 Å². The highest BCUT2D eigenvalue weighted by Crippen LogP contribution is 2.33. The van der Waals surface area contributed by atoms with Crippen LogP contribution in [0.5, 0.6) is 0 Å². The van der Waals surface area contributed by atoms with Gasteiger partial charge in [-0.1, -0.05) is 22.6 Å². The zero-order valence-corrected chi connectivity index (χ0v) is 10.9. The van der Waals surface area contributed by atoms with Crippen LogP contribution in [0.1, 0.15) is 12.8 Å². The summed E-state index contributed by atoms with van der Waals surface area (Å²) in [6.07, 6.45) is 2.70. The van der Waals surface area contributed by atoms with E-state index >= 15 is 0 Å².